The first-order valence-corrected chi connectivity index (χ1v) is 11.9. The number of aliphatic imine (C=N–C) groups is 1. The second-order valence-electron chi connectivity index (χ2n) is 8.86. The number of amidine groups is 1. The van der Waals surface area contributed by atoms with E-state index in [9.17, 15) is 0 Å². The lowest BCUT2D eigenvalue weighted by Crippen LogP contribution is -2.30. The predicted molar refractivity (Wildman–Crippen MR) is 142 cm³/mol. The van der Waals surface area contributed by atoms with Crippen LogP contribution in [0.1, 0.15) is 28.3 Å². The molecule has 2 aliphatic heterocycles. The van der Waals surface area contributed by atoms with Crippen molar-refractivity contribution in [1.82, 2.24) is 0 Å². The highest BCUT2D eigenvalue weighted by Gasteiger charge is 2.33. The van der Waals surface area contributed by atoms with Gasteiger partial charge in [-0.2, -0.15) is 0 Å². The maximum Gasteiger partial charge on any atom is 0.238 e. The summed E-state index contributed by atoms with van der Waals surface area (Å²) in [5.74, 6) is 2.30. The van der Waals surface area contributed by atoms with E-state index in [1.54, 1.807) is 13.4 Å². The van der Waals surface area contributed by atoms with Crippen molar-refractivity contribution in [3.63, 3.8) is 0 Å². The van der Waals surface area contributed by atoms with Crippen molar-refractivity contribution in [1.29, 1.82) is 0 Å². The van der Waals surface area contributed by atoms with Gasteiger partial charge in [0.15, 0.2) is 0 Å². The van der Waals surface area contributed by atoms with Gasteiger partial charge in [-0.3, -0.25) is 9.89 Å². The lowest BCUT2D eigenvalue weighted by atomic mass is 9.94. The number of rotatable bonds is 5. The van der Waals surface area contributed by atoms with E-state index in [0.29, 0.717) is 5.88 Å². The van der Waals surface area contributed by atoms with Crippen LogP contribution in [0.3, 0.4) is 0 Å². The maximum absolute atomic E-state index is 5.85. The van der Waals surface area contributed by atoms with Crippen molar-refractivity contribution >= 4 is 11.5 Å². The van der Waals surface area contributed by atoms with Crippen molar-refractivity contribution < 1.29 is 14.2 Å². The molecule has 0 spiro atoms. The molecule has 0 bridgehead atoms. The van der Waals surface area contributed by atoms with Crippen molar-refractivity contribution in [3.05, 3.63) is 131 Å². The monoisotopic (exact) mass is 474 g/mol. The van der Waals surface area contributed by atoms with Crippen LogP contribution in [0, 0.1) is 6.92 Å². The Labute approximate surface area is 210 Å². The molecule has 0 N–H and O–H groups in total. The Bertz CT molecular complexity index is 1490. The van der Waals surface area contributed by atoms with Gasteiger partial charge in [0.2, 0.25) is 12.7 Å². The van der Waals surface area contributed by atoms with Crippen molar-refractivity contribution in [2.75, 3.05) is 18.8 Å². The molecular formula is C31H26N2O3. The minimum atomic E-state index is -0.142. The molecule has 0 radical (unpaired) electrons. The number of anilines is 1. The van der Waals surface area contributed by atoms with Gasteiger partial charge in [-0.15, -0.1) is 0 Å². The molecule has 1 atom stereocenters. The second-order valence-corrected chi connectivity index (χ2v) is 8.86. The van der Waals surface area contributed by atoms with E-state index < -0.39 is 0 Å². The summed E-state index contributed by atoms with van der Waals surface area (Å²) in [5, 5.41) is 0. The van der Waals surface area contributed by atoms with Gasteiger partial charge >= 0.3 is 0 Å². The molecule has 4 aromatic rings. The Morgan fingerprint density at radius 3 is 2.47 bits per heavy atom. The molecule has 178 valence electrons. The summed E-state index contributed by atoms with van der Waals surface area (Å²) in [6.07, 6.45) is 1.66. The fourth-order valence-corrected chi connectivity index (χ4v) is 4.80. The van der Waals surface area contributed by atoms with Crippen molar-refractivity contribution in [3.8, 4) is 16.9 Å². The van der Waals surface area contributed by atoms with Crippen LogP contribution in [0.15, 0.2) is 114 Å². The first-order chi connectivity index (χ1) is 17.7. The number of fused-ring (bicyclic) bond motifs is 1. The summed E-state index contributed by atoms with van der Waals surface area (Å²) < 4.78 is 16.7. The van der Waals surface area contributed by atoms with E-state index in [2.05, 4.69) is 85.8 Å². The van der Waals surface area contributed by atoms with Crippen LogP contribution in [0.25, 0.3) is 11.1 Å². The topological polar surface area (TPSA) is 43.3 Å². The zero-order valence-corrected chi connectivity index (χ0v) is 20.2. The molecule has 2 heterocycles. The third-order valence-electron chi connectivity index (χ3n) is 6.50. The Balaban J connectivity index is 1.46. The molecule has 0 amide bonds. The van der Waals surface area contributed by atoms with Crippen LogP contribution in [-0.2, 0) is 9.47 Å². The normalized spacial score (nSPS) is 15.9. The average Bonchev–Trinajstić information content (AvgIpc) is 3.58. The highest BCUT2D eigenvalue weighted by atomic mass is 16.7. The van der Waals surface area contributed by atoms with Gasteiger partial charge in [0.25, 0.3) is 0 Å². The van der Waals surface area contributed by atoms with Crippen LogP contribution in [0.2, 0.25) is 0 Å². The number of hydrogen-bond donors (Lipinski definition) is 0. The number of aryl methyl sites for hydroxylation is 1. The Morgan fingerprint density at radius 1 is 0.861 bits per heavy atom. The van der Waals surface area contributed by atoms with Crippen molar-refractivity contribution in [2.45, 2.75) is 13.0 Å². The van der Waals surface area contributed by atoms with Crippen LogP contribution >= 0.6 is 0 Å². The molecule has 6 rings (SSSR count). The van der Waals surface area contributed by atoms with Crippen LogP contribution in [0.5, 0.6) is 5.75 Å². The minimum Gasteiger partial charge on any atom is -0.497 e. The zero-order valence-electron chi connectivity index (χ0n) is 20.2. The molecule has 1 unspecified atom stereocenters. The highest BCUT2D eigenvalue weighted by Crippen LogP contribution is 2.39. The highest BCUT2D eigenvalue weighted by molar-refractivity contribution is 6.14. The molecule has 0 fully saturated rings. The van der Waals surface area contributed by atoms with Gasteiger partial charge in [0, 0.05) is 5.56 Å². The number of ether oxygens (including phenoxy) is 3. The standard InChI is InChI=1S/C31H26N2O3/c1-21-8-5-12-25(16-21)33(29-19-35-20-36-29)31-28-15-4-3-14-27(28)30(32-31)24-11-6-9-22(17-24)23-10-7-13-26(18-23)34-2/h3-19,30H,20H2,1-2H3. The lowest BCUT2D eigenvalue weighted by molar-refractivity contribution is 0.0801. The molecule has 4 aromatic carbocycles. The largest absolute Gasteiger partial charge is 0.497 e. The summed E-state index contributed by atoms with van der Waals surface area (Å²) in [5.41, 5.74) is 7.73. The number of methoxy groups -OCH3 is 1. The Kier molecular flexibility index (Phi) is 5.66. The zero-order chi connectivity index (χ0) is 24.5. The molecule has 2 aliphatic rings. The Hall–Kier alpha value is -4.51. The number of benzene rings is 4. The number of hydrogen-bond acceptors (Lipinski definition) is 5. The van der Waals surface area contributed by atoms with Gasteiger partial charge in [0.1, 0.15) is 23.9 Å². The fourth-order valence-electron chi connectivity index (χ4n) is 4.80. The maximum atomic E-state index is 5.85. The van der Waals surface area contributed by atoms with Gasteiger partial charge in [-0.1, -0.05) is 66.7 Å². The summed E-state index contributed by atoms with van der Waals surface area (Å²) >= 11 is 0. The third-order valence-corrected chi connectivity index (χ3v) is 6.50. The quantitative estimate of drug-likeness (QED) is 0.318. The average molecular weight is 475 g/mol. The second kappa shape index (κ2) is 9.27. The van der Waals surface area contributed by atoms with Crippen LogP contribution in [0.4, 0.5) is 5.69 Å². The molecular weight excluding hydrogens is 448 g/mol. The van der Waals surface area contributed by atoms with Gasteiger partial charge < -0.3 is 14.2 Å². The van der Waals surface area contributed by atoms with E-state index in [1.807, 2.05) is 23.1 Å². The lowest BCUT2D eigenvalue weighted by Gasteiger charge is -2.24. The van der Waals surface area contributed by atoms with E-state index in [0.717, 1.165) is 50.7 Å². The smallest absolute Gasteiger partial charge is 0.238 e. The SMILES string of the molecule is COc1cccc(-c2cccc(C3N=C(N(C4=COCO4)c4cccc(C)c4)c4ccccc43)c2)c1. The van der Waals surface area contributed by atoms with E-state index in [1.165, 1.54) is 0 Å². The molecule has 5 heteroatoms. The molecule has 0 saturated carbocycles. The summed E-state index contributed by atoms with van der Waals surface area (Å²) in [7, 11) is 1.69. The minimum absolute atomic E-state index is 0.142. The van der Waals surface area contributed by atoms with Gasteiger partial charge in [0.05, 0.1) is 12.8 Å². The fraction of sp³-hybridized carbons (Fsp3) is 0.129. The summed E-state index contributed by atoms with van der Waals surface area (Å²) in [6, 6.07) is 33.3. The molecule has 0 aromatic heterocycles. The Morgan fingerprint density at radius 2 is 1.67 bits per heavy atom. The van der Waals surface area contributed by atoms with Crippen LogP contribution in [-0.4, -0.2) is 19.7 Å². The van der Waals surface area contributed by atoms with Gasteiger partial charge in [-0.05, 0) is 65.1 Å². The van der Waals surface area contributed by atoms with Gasteiger partial charge in [-0.25, -0.2) is 0 Å². The summed E-state index contributed by atoms with van der Waals surface area (Å²) in [6.45, 7) is 2.28. The van der Waals surface area contributed by atoms with E-state index >= 15 is 0 Å². The van der Waals surface area contributed by atoms with E-state index in [4.69, 9.17) is 19.2 Å². The first kappa shape index (κ1) is 22.0. The van der Waals surface area contributed by atoms with Crippen molar-refractivity contribution in [2.24, 2.45) is 4.99 Å². The van der Waals surface area contributed by atoms with Crippen LogP contribution < -0.4 is 9.64 Å². The molecule has 0 aliphatic carbocycles. The summed E-state index contributed by atoms with van der Waals surface area (Å²) in [4.78, 5) is 7.33. The third kappa shape index (κ3) is 3.99. The molecule has 36 heavy (non-hydrogen) atoms. The number of nitrogens with zero attached hydrogens (tertiary/aromatic N) is 2. The first-order valence-electron chi connectivity index (χ1n) is 11.9. The predicted octanol–water partition coefficient (Wildman–Crippen LogP) is 6.83. The molecule has 5 nitrogen and oxygen atoms in total. The molecule has 0 saturated heterocycles. The van der Waals surface area contributed by atoms with E-state index in [-0.39, 0.29) is 12.8 Å².